The van der Waals surface area contributed by atoms with E-state index in [0.717, 1.165) is 49.9 Å². The van der Waals surface area contributed by atoms with Gasteiger partial charge in [-0.05, 0) is 32.4 Å². The summed E-state index contributed by atoms with van der Waals surface area (Å²) >= 11 is 0. The standard InChI is InChI=1S/C17H27N5O/c1-4-18-17(20-11-13-23-3)19-10-7-12-22-14(2)21-15-8-5-6-9-16(15)22/h5-6,8-9H,4,7,10-13H2,1-3H3,(H2,18,19,20). The second-order valence-corrected chi connectivity index (χ2v) is 5.33. The Morgan fingerprint density at radius 2 is 2.13 bits per heavy atom. The molecular weight excluding hydrogens is 290 g/mol. The Balaban J connectivity index is 1.89. The van der Waals surface area contributed by atoms with Crippen LogP contribution in [0.1, 0.15) is 19.2 Å². The Kier molecular flexibility index (Phi) is 6.87. The Morgan fingerprint density at radius 1 is 1.30 bits per heavy atom. The lowest BCUT2D eigenvalue weighted by Crippen LogP contribution is -2.39. The molecule has 0 aliphatic heterocycles. The average molecular weight is 317 g/mol. The lowest BCUT2D eigenvalue weighted by Gasteiger charge is -2.11. The molecule has 0 saturated heterocycles. The number of aliphatic imine (C=N–C) groups is 1. The van der Waals surface area contributed by atoms with Crippen LogP contribution in [-0.4, -0.2) is 48.9 Å². The molecular formula is C17H27N5O. The molecule has 23 heavy (non-hydrogen) atoms. The van der Waals surface area contributed by atoms with Crippen LogP contribution in [0.2, 0.25) is 0 Å². The molecule has 0 aliphatic carbocycles. The van der Waals surface area contributed by atoms with Gasteiger partial charge in [0.2, 0.25) is 0 Å². The van der Waals surface area contributed by atoms with E-state index < -0.39 is 0 Å². The molecule has 2 N–H and O–H groups in total. The van der Waals surface area contributed by atoms with E-state index in [1.807, 2.05) is 6.07 Å². The van der Waals surface area contributed by atoms with Crippen molar-refractivity contribution in [2.24, 2.45) is 4.99 Å². The molecule has 0 spiro atoms. The molecule has 1 heterocycles. The zero-order valence-corrected chi connectivity index (χ0v) is 14.3. The molecule has 1 aromatic carbocycles. The van der Waals surface area contributed by atoms with E-state index >= 15 is 0 Å². The molecule has 126 valence electrons. The zero-order chi connectivity index (χ0) is 16.5. The SMILES string of the molecule is CCNC(=NCCCn1c(C)nc2ccccc21)NCCOC. The Bertz CT molecular complexity index is 635. The van der Waals surface area contributed by atoms with Crippen molar-refractivity contribution < 1.29 is 4.74 Å². The maximum absolute atomic E-state index is 5.04. The van der Waals surface area contributed by atoms with Gasteiger partial charge in [0.25, 0.3) is 0 Å². The third-order valence-corrected chi connectivity index (χ3v) is 3.60. The molecule has 1 aromatic heterocycles. The molecule has 0 atom stereocenters. The van der Waals surface area contributed by atoms with Gasteiger partial charge in [0.1, 0.15) is 5.82 Å². The minimum atomic E-state index is 0.671. The number of nitrogens with one attached hydrogen (secondary N) is 2. The van der Waals surface area contributed by atoms with Crippen LogP contribution in [0.4, 0.5) is 0 Å². The number of para-hydroxylation sites is 2. The Labute approximate surface area is 138 Å². The summed E-state index contributed by atoms with van der Waals surface area (Å²) in [6.07, 6.45) is 0.974. The van der Waals surface area contributed by atoms with Crippen LogP contribution in [0.3, 0.4) is 0 Å². The second-order valence-electron chi connectivity index (χ2n) is 5.33. The summed E-state index contributed by atoms with van der Waals surface area (Å²) < 4.78 is 7.30. The summed E-state index contributed by atoms with van der Waals surface area (Å²) in [6.45, 7) is 8.10. The summed E-state index contributed by atoms with van der Waals surface area (Å²) in [6, 6.07) is 8.26. The van der Waals surface area contributed by atoms with E-state index in [1.54, 1.807) is 7.11 Å². The third-order valence-electron chi connectivity index (χ3n) is 3.60. The highest BCUT2D eigenvalue weighted by Gasteiger charge is 2.05. The van der Waals surface area contributed by atoms with Gasteiger partial charge >= 0.3 is 0 Å². The largest absolute Gasteiger partial charge is 0.383 e. The highest BCUT2D eigenvalue weighted by molar-refractivity contribution is 5.79. The predicted molar refractivity (Wildman–Crippen MR) is 94.9 cm³/mol. The van der Waals surface area contributed by atoms with Gasteiger partial charge in [-0.25, -0.2) is 4.98 Å². The van der Waals surface area contributed by atoms with Crippen molar-refractivity contribution in [1.82, 2.24) is 20.2 Å². The molecule has 0 fully saturated rings. The number of methoxy groups -OCH3 is 1. The monoisotopic (exact) mass is 317 g/mol. The summed E-state index contributed by atoms with van der Waals surface area (Å²) in [5, 5.41) is 6.49. The van der Waals surface area contributed by atoms with Crippen LogP contribution in [0.25, 0.3) is 11.0 Å². The first-order chi connectivity index (χ1) is 11.3. The van der Waals surface area contributed by atoms with E-state index in [1.165, 1.54) is 5.52 Å². The lowest BCUT2D eigenvalue weighted by atomic mass is 10.3. The van der Waals surface area contributed by atoms with Crippen molar-refractivity contribution in [2.45, 2.75) is 26.8 Å². The number of guanidine groups is 1. The highest BCUT2D eigenvalue weighted by atomic mass is 16.5. The summed E-state index contributed by atoms with van der Waals surface area (Å²) in [4.78, 5) is 9.19. The number of aromatic nitrogens is 2. The minimum Gasteiger partial charge on any atom is -0.383 e. The van der Waals surface area contributed by atoms with E-state index in [-0.39, 0.29) is 0 Å². The van der Waals surface area contributed by atoms with Crippen molar-refractivity contribution in [1.29, 1.82) is 0 Å². The van der Waals surface area contributed by atoms with Gasteiger partial charge in [-0.1, -0.05) is 12.1 Å². The van der Waals surface area contributed by atoms with Crippen molar-refractivity contribution in [3.63, 3.8) is 0 Å². The van der Waals surface area contributed by atoms with Crippen molar-refractivity contribution in [3.8, 4) is 0 Å². The first kappa shape index (κ1) is 17.3. The molecule has 0 bridgehead atoms. The number of rotatable bonds is 8. The van der Waals surface area contributed by atoms with Crippen LogP contribution in [-0.2, 0) is 11.3 Å². The van der Waals surface area contributed by atoms with Gasteiger partial charge in [-0.2, -0.15) is 0 Å². The lowest BCUT2D eigenvalue weighted by molar-refractivity contribution is 0.203. The van der Waals surface area contributed by atoms with Gasteiger partial charge in [0, 0.05) is 33.3 Å². The molecule has 0 unspecified atom stereocenters. The third kappa shape index (κ3) is 4.96. The molecule has 6 nitrogen and oxygen atoms in total. The Morgan fingerprint density at radius 3 is 2.91 bits per heavy atom. The first-order valence-corrected chi connectivity index (χ1v) is 8.19. The number of hydrogen-bond donors (Lipinski definition) is 2. The van der Waals surface area contributed by atoms with Crippen LogP contribution in [0, 0.1) is 6.92 Å². The van der Waals surface area contributed by atoms with E-state index in [4.69, 9.17) is 4.74 Å². The zero-order valence-electron chi connectivity index (χ0n) is 14.3. The van der Waals surface area contributed by atoms with Gasteiger partial charge in [0.15, 0.2) is 5.96 Å². The topological polar surface area (TPSA) is 63.5 Å². The maximum atomic E-state index is 5.04. The number of aryl methyl sites for hydroxylation is 2. The molecule has 0 aliphatic rings. The van der Waals surface area contributed by atoms with Gasteiger partial charge in [-0.3, -0.25) is 4.99 Å². The summed E-state index contributed by atoms with van der Waals surface area (Å²) in [5.74, 6) is 1.90. The van der Waals surface area contributed by atoms with Crippen LogP contribution < -0.4 is 10.6 Å². The summed E-state index contributed by atoms with van der Waals surface area (Å²) in [7, 11) is 1.70. The van der Waals surface area contributed by atoms with Crippen LogP contribution >= 0.6 is 0 Å². The molecule has 2 rings (SSSR count). The Hall–Kier alpha value is -2.08. The van der Waals surface area contributed by atoms with E-state index in [0.29, 0.717) is 6.61 Å². The average Bonchev–Trinajstić information content (AvgIpc) is 2.87. The second kappa shape index (κ2) is 9.15. The normalized spacial score (nSPS) is 11.9. The minimum absolute atomic E-state index is 0.671. The van der Waals surface area contributed by atoms with Crippen LogP contribution in [0.15, 0.2) is 29.3 Å². The number of nitrogens with zero attached hydrogens (tertiary/aromatic N) is 3. The summed E-state index contributed by atoms with van der Waals surface area (Å²) in [5.41, 5.74) is 2.25. The van der Waals surface area contributed by atoms with Gasteiger partial charge in [-0.15, -0.1) is 0 Å². The number of imidazole rings is 1. The van der Waals surface area contributed by atoms with Crippen molar-refractivity contribution >= 4 is 17.0 Å². The van der Waals surface area contributed by atoms with E-state index in [9.17, 15) is 0 Å². The fourth-order valence-electron chi connectivity index (χ4n) is 2.51. The van der Waals surface area contributed by atoms with Crippen molar-refractivity contribution in [2.75, 3.05) is 33.4 Å². The number of ether oxygens (including phenoxy) is 1. The molecule has 6 heteroatoms. The highest BCUT2D eigenvalue weighted by Crippen LogP contribution is 2.15. The number of hydrogen-bond acceptors (Lipinski definition) is 3. The van der Waals surface area contributed by atoms with Gasteiger partial charge < -0.3 is 19.9 Å². The smallest absolute Gasteiger partial charge is 0.191 e. The number of benzene rings is 1. The predicted octanol–water partition coefficient (Wildman–Crippen LogP) is 1.94. The van der Waals surface area contributed by atoms with Gasteiger partial charge in [0.05, 0.1) is 17.6 Å². The first-order valence-electron chi connectivity index (χ1n) is 8.19. The quantitative estimate of drug-likeness (QED) is 0.444. The van der Waals surface area contributed by atoms with Crippen molar-refractivity contribution in [3.05, 3.63) is 30.1 Å². The number of fused-ring (bicyclic) bond motifs is 1. The van der Waals surface area contributed by atoms with E-state index in [2.05, 4.69) is 57.2 Å². The van der Waals surface area contributed by atoms with Crippen LogP contribution in [0.5, 0.6) is 0 Å². The molecule has 0 amide bonds. The maximum Gasteiger partial charge on any atom is 0.191 e. The fourth-order valence-corrected chi connectivity index (χ4v) is 2.51. The molecule has 2 aromatic rings. The molecule has 0 saturated carbocycles. The molecule has 0 radical (unpaired) electrons. The fraction of sp³-hybridized carbons (Fsp3) is 0.529.